The van der Waals surface area contributed by atoms with Crippen LogP contribution < -0.4 is 0 Å². The Morgan fingerprint density at radius 3 is 2.83 bits per heavy atom. The van der Waals surface area contributed by atoms with Crippen LogP contribution in [0.25, 0.3) is 22.1 Å². The fourth-order valence-electron chi connectivity index (χ4n) is 3.39. The third kappa shape index (κ3) is 2.80. The van der Waals surface area contributed by atoms with Crippen molar-refractivity contribution in [2.75, 3.05) is 13.1 Å². The van der Waals surface area contributed by atoms with Gasteiger partial charge >= 0.3 is 0 Å². The first kappa shape index (κ1) is 14.9. The van der Waals surface area contributed by atoms with E-state index in [0.29, 0.717) is 17.4 Å². The molecule has 0 aliphatic carbocycles. The van der Waals surface area contributed by atoms with Gasteiger partial charge in [-0.05, 0) is 35.6 Å². The Morgan fingerprint density at radius 1 is 1.17 bits per heavy atom. The van der Waals surface area contributed by atoms with Gasteiger partial charge < -0.3 is 9.42 Å². The van der Waals surface area contributed by atoms with E-state index in [2.05, 4.69) is 36.3 Å². The summed E-state index contributed by atoms with van der Waals surface area (Å²) in [5.41, 5.74) is 1.33. The third-order valence-electron chi connectivity index (χ3n) is 4.71. The van der Waals surface area contributed by atoms with Crippen LogP contribution in [-0.4, -0.2) is 29.1 Å². The predicted molar refractivity (Wildman–Crippen MR) is 93.7 cm³/mol. The first-order chi connectivity index (χ1) is 11.7. The first-order valence-electron chi connectivity index (χ1n) is 8.46. The number of fused-ring (bicyclic) bond motifs is 1. The van der Waals surface area contributed by atoms with Crippen molar-refractivity contribution in [1.82, 2.24) is 10.1 Å². The van der Waals surface area contributed by atoms with Crippen LogP contribution >= 0.6 is 0 Å². The first-order valence-corrected chi connectivity index (χ1v) is 8.46. The molecule has 0 spiro atoms. The van der Waals surface area contributed by atoms with E-state index in [1.165, 1.54) is 11.8 Å². The quantitative estimate of drug-likeness (QED) is 0.704. The SMILES string of the molecule is C[C@@H]1CCCN(C(=O)c2cc(-c3ccc4ccccc4c3)on2)C1. The zero-order valence-electron chi connectivity index (χ0n) is 13.7. The fourth-order valence-corrected chi connectivity index (χ4v) is 3.39. The molecule has 122 valence electrons. The summed E-state index contributed by atoms with van der Waals surface area (Å²) in [5, 5.41) is 6.33. The van der Waals surface area contributed by atoms with Gasteiger partial charge in [-0.3, -0.25) is 4.79 Å². The molecule has 4 rings (SSSR count). The van der Waals surface area contributed by atoms with Gasteiger partial charge in [-0.15, -0.1) is 0 Å². The highest BCUT2D eigenvalue weighted by Gasteiger charge is 2.24. The highest BCUT2D eigenvalue weighted by atomic mass is 16.5. The molecule has 4 nitrogen and oxygen atoms in total. The number of piperidine rings is 1. The van der Waals surface area contributed by atoms with Crippen molar-refractivity contribution in [1.29, 1.82) is 0 Å². The molecule has 2 aromatic carbocycles. The second-order valence-electron chi connectivity index (χ2n) is 6.64. The van der Waals surface area contributed by atoms with Gasteiger partial charge in [0.25, 0.3) is 5.91 Å². The molecule has 1 aliphatic heterocycles. The van der Waals surface area contributed by atoms with Crippen LogP contribution in [0.2, 0.25) is 0 Å². The molecule has 1 aromatic heterocycles. The molecule has 0 unspecified atom stereocenters. The van der Waals surface area contributed by atoms with Crippen LogP contribution in [0.15, 0.2) is 53.1 Å². The molecule has 1 fully saturated rings. The monoisotopic (exact) mass is 320 g/mol. The molecule has 1 atom stereocenters. The number of hydrogen-bond donors (Lipinski definition) is 0. The van der Waals surface area contributed by atoms with Crippen LogP contribution in [0.3, 0.4) is 0 Å². The average Bonchev–Trinajstić information content (AvgIpc) is 3.11. The largest absolute Gasteiger partial charge is 0.355 e. The fraction of sp³-hybridized carbons (Fsp3) is 0.300. The number of nitrogens with zero attached hydrogens (tertiary/aromatic N) is 2. The summed E-state index contributed by atoms with van der Waals surface area (Å²) in [5.74, 6) is 1.15. The van der Waals surface area contributed by atoms with Crippen LogP contribution in [0.5, 0.6) is 0 Å². The van der Waals surface area contributed by atoms with E-state index in [0.717, 1.165) is 30.5 Å². The van der Waals surface area contributed by atoms with Crippen LogP contribution in [-0.2, 0) is 0 Å². The van der Waals surface area contributed by atoms with Crippen molar-refractivity contribution in [3.8, 4) is 11.3 Å². The number of carbonyl (C=O) groups excluding carboxylic acids is 1. The summed E-state index contributed by atoms with van der Waals surface area (Å²) >= 11 is 0. The molecule has 0 radical (unpaired) electrons. The Labute approximate surface area is 141 Å². The maximum atomic E-state index is 12.6. The van der Waals surface area contributed by atoms with E-state index in [1.807, 2.05) is 23.1 Å². The lowest BCUT2D eigenvalue weighted by molar-refractivity contribution is 0.0672. The van der Waals surface area contributed by atoms with Crippen LogP contribution in [0, 0.1) is 5.92 Å². The second kappa shape index (κ2) is 6.11. The molecule has 1 saturated heterocycles. The summed E-state index contributed by atoms with van der Waals surface area (Å²) in [4.78, 5) is 14.5. The smallest absolute Gasteiger partial charge is 0.276 e. The number of aromatic nitrogens is 1. The lowest BCUT2D eigenvalue weighted by Gasteiger charge is -2.30. The molecule has 1 aliphatic rings. The van der Waals surface area contributed by atoms with Crippen molar-refractivity contribution in [3.63, 3.8) is 0 Å². The highest BCUT2D eigenvalue weighted by molar-refractivity contribution is 5.93. The zero-order valence-corrected chi connectivity index (χ0v) is 13.7. The highest BCUT2D eigenvalue weighted by Crippen LogP contribution is 2.26. The van der Waals surface area contributed by atoms with E-state index in [9.17, 15) is 4.79 Å². The summed E-state index contributed by atoms with van der Waals surface area (Å²) in [6.45, 7) is 3.79. The molecule has 3 aromatic rings. The minimum Gasteiger partial charge on any atom is -0.355 e. The molecular formula is C20H20N2O2. The van der Waals surface area contributed by atoms with Crippen molar-refractivity contribution in [2.24, 2.45) is 5.92 Å². The minimum absolute atomic E-state index is 0.0302. The summed E-state index contributed by atoms with van der Waals surface area (Å²) < 4.78 is 5.44. The van der Waals surface area contributed by atoms with Gasteiger partial charge in [-0.1, -0.05) is 48.5 Å². The van der Waals surface area contributed by atoms with E-state index in [4.69, 9.17) is 4.52 Å². The van der Waals surface area contributed by atoms with Gasteiger partial charge in [0.2, 0.25) is 0 Å². The van der Waals surface area contributed by atoms with Crippen molar-refractivity contribution >= 4 is 16.7 Å². The standard InChI is InChI=1S/C20H20N2O2/c1-14-5-4-10-22(13-14)20(23)18-12-19(24-21-18)17-9-8-15-6-2-3-7-16(15)11-17/h2-3,6-9,11-12,14H,4-5,10,13H2,1H3/t14-/m1/s1. The Hall–Kier alpha value is -2.62. The van der Waals surface area contributed by atoms with Crippen molar-refractivity contribution < 1.29 is 9.32 Å². The number of likely N-dealkylation sites (tertiary alicyclic amines) is 1. The lowest BCUT2D eigenvalue weighted by Crippen LogP contribution is -2.39. The Morgan fingerprint density at radius 2 is 2.00 bits per heavy atom. The second-order valence-corrected chi connectivity index (χ2v) is 6.64. The van der Waals surface area contributed by atoms with Gasteiger partial charge in [-0.2, -0.15) is 0 Å². The minimum atomic E-state index is -0.0302. The molecular weight excluding hydrogens is 300 g/mol. The maximum Gasteiger partial charge on any atom is 0.276 e. The normalized spacial score (nSPS) is 18.0. The van der Waals surface area contributed by atoms with Gasteiger partial charge in [0.1, 0.15) is 0 Å². The molecule has 24 heavy (non-hydrogen) atoms. The Balaban J connectivity index is 1.60. The van der Waals surface area contributed by atoms with E-state index >= 15 is 0 Å². The van der Waals surface area contributed by atoms with Gasteiger partial charge in [0.15, 0.2) is 11.5 Å². The number of hydrogen-bond acceptors (Lipinski definition) is 3. The van der Waals surface area contributed by atoms with Crippen LogP contribution in [0.4, 0.5) is 0 Å². The lowest BCUT2D eigenvalue weighted by atomic mass is 10.00. The topological polar surface area (TPSA) is 46.3 Å². The molecule has 1 amide bonds. The van der Waals surface area contributed by atoms with Crippen molar-refractivity contribution in [2.45, 2.75) is 19.8 Å². The number of rotatable bonds is 2. The van der Waals surface area contributed by atoms with E-state index in [1.54, 1.807) is 6.07 Å². The predicted octanol–water partition coefficient (Wildman–Crippen LogP) is 4.37. The summed E-state index contributed by atoms with van der Waals surface area (Å²) in [7, 11) is 0. The van der Waals surface area contributed by atoms with Gasteiger partial charge in [-0.25, -0.2) is 0 Å². The number of amides is 1. The van der Waals surface area contributed by atoms with E-state index in [-0.39, 0.29) is 5.91 Å². The van der Waals surface area contributed by atoms with Crippen LogP contribution in [0.1, 0.15) is 30.3 Å². The molecule has 0 N–H and O–H groups in total. The number of benzene rings is 2. The maximum absolute atomic E-state index is 12.6. The molecule has 0 bridgehead atoms. The zero-order chi connectivity index (χ0) is 16.5. The Bertz CT molecular complexity index is 884. The summed E-state index contributed by atoms with van der Waals surface area (Å²) in [6.07, 6.45) is 2.24. The summed E-state index contributed by atoms with van der Waals surface area (Å²) in [6, 6.07) is 16.0. The van der Waals surface area contributed by atoms with Gasteiger partial charge in [0, 0.05) is 24.7 Å². The third-order valence-corrected chi connectivity index (χ3v) is 4.71. The van der Waals surface area contributed by atoms with Gasteiger partial charge in [0.05, 0.1) is 0 Å². The average molecular weight is 320 g/mol. The Kier molecular flexibility index (Phi) is 3.81. The van der Waals surface area contributed by atoms with E-state index < -0.39 is 0 Å². The number of carbonyl (C=O) groups is 1. The molecule has 0 saturated carbocycles. The van der Waals surface area contributed by atoms with Crippen molar-refractivity contribution in [3.05, 3.63) is 54.2 Å². The molecule has 4 heteroatoms. The molecule has 2 heterocycles.